The highest BCUT2D eigenvalue weighted by atomic mass is 16.5. The largest absolute Gasteiger partial charge is 0.376 e. The van der Waals surface area contributed by atoms with Crippen LogP contribution in [-0.2, 0) is 16.1 Å². The van der Waals surface area contributed by atoms with Crippen LogP contribution in [0.4, 0.5) is 0 Å². The highest BCUT2D eigenvalue weighted by Gasteiger charge is 2.32. The molecule has 1 fully saturated rings. The van der Waals surface area contributed by atoms with Crippen LogP contribution >= 0.6 is 0 Å². The summed E-state index contributed by atoms with van der Waals surface area (Å²) in [7, 11) is 0. The summed E-state index contributed by atoms with van der Waals surface area (Å²) < 4.78 is 5.73. The average molecular weight is 332 g/mol. The van der Waals surface area contributed by atoms with Crippen molar-refractivity contribution < 1.29 is 9.53 Å². The fourth-order valence-corrected chi connectivity index (χ4v) is 3.46. The van der Waals surface area contributed by atoms with Crippen LogP contribution < -0.4 is 11.1 Å². The van der Waals surface area contributed by atoms with Crippen molar-refractivity contribution in [2.75, 3.05) is 19.7 Å². The molecule has 1 amide bonds. The third-order valence-corrected chi connectivity index (χ3v) is 5.04. The summed E-state index contributed by atoms with van der Waals surface area (Å²) in [5.74, 6) is 0.440. The molecule has 1 aliphatic rings. The maximum atomic E-state index is 12.3. The lowest BCUT2D eigenvalue weighted by Crippen LogP contribution is -2.39. The Balaban J connectivity index is 1.63. The lowest BCUT2D eigenvalue weighted by Gasteiger charge is -2.35. The molecular weight excluding hydrogens is 300 g/mol. The van der Waals surface area contributed by atoms with Crippen LogP contribution in [-0.4, -0.2) is 25.6 Å². The highest BCUT2D eigenvalue weighted by molar-refractivity contribution is 5.76. The summed E-state index contributed by atoms with van der Waals surface area (Å²) in [6.45, 7) is 4.65. The number of hydrogen-bond acceptors (Lipinski definition) is 3. The van der Waals surface area contributed by atoms with Crippen LogP contribution in [0.25, 0.3) is 0 Å². The molecule has 134 valence electrons. The fraction of sp³-hybridized carbons (Fsp3) is 0.650. The molecule has 0 radical (unpaired) electrons. The second-order valence-electron chi connectivity index (χ2n) is 7.35. The van der Waals surface area contributed by atoms with Crippen molar-refractivity contribution in [3.8, 4) is 0 Å². The Morgan fingerprint density at radius 1 is 1.25 bits per heavy atom. The van der Waals surface area contributed by atoms with Gasteiger partial charge in [0.2, 0.25) is 5.91 Å². The average Bonchev–Trinajstić information content (AvgIpc) is 2.62. The second kappa shape index (κ2) is 9.80. The Morgan fingerprint density at radius 3 is 2.62 bits per heavy atom. The molecule has 0 spiro atoms. The number of carbonyl (C=O) groups is 1. The second-order valence-corrected chi connectivity index (χ2v) is 7.35. The van der Waals surface area contributed by atoms with Gasteiger partial charge in [-0.2, -0.15) is 0 Å². The van der Waals surface area contributed by atoms with E-state index in [0.29, 0.717) is 38.6 Å². The first-order chi connectivity index (χ1) is 11.6. The molecule has 24 heavy (non-hydrogen) atoms. The molecule has 0 aliphatic heterocycles. The molecular formula is C20H32N2O2. The summed E-state index contributed by atoms with van der Waals surface area (Å²) in [6.07, 6.45) is 6.43. The van der Waals surface area contributed by atoms with Gasteiger partial charge in [-0.1, -0.05) is 56.5 Å². The molecule has 1 saturated carbocycles. The zero-order valence-corrected chi connectivity index (χ0v) is 14.9. The van der Waals surface area contributed by atoms with Gasteiger partial charge in [-0.05, 0) is 36.3 Å². The Kier molecular flexibility index (Phi) is 7.73. The van der Waals surface area contributed by atoms with Gasteiger partial charge in [0.05, 0.1) is 13.2 Å². The van der Waals surface area contributed by atoms with Gasteiger partial charge in [0.1, 0.15) is 0 Å². The van der Waals surface area contributed by atoms with Gasteiger partial charge < -0.3 is 15.8 Å². The van der Waals surface area contributed by atoms with Crippen LogP contribution in [0.1, 0.15) is 51.0 Å². The molecule has 1 unspecified atom stereocenters. The molecule has 4 heteroatoms. The smallest absolute Gasteiger partial charge is 0.220 e. The predicted octanol–water partition coefficient (Wildman–Crippen LogP) is 3.25. The summed E-state index contributed by atoms with van der Waals surface area (Å²) >= 11 is 0. The van der Waals surface area contributed by atoms with Gasteiger partial charge in [-0.25, -0.2) is 0 Å². The van der Waals surface area contributed by atoms with E-state index in [1.54, 1.807) is 0 Å². The highest BCUT2D eigenvalue weighted by Crippen LogP contribution is 2.38. The molecule has 1 aromatic carbocycles. The maximum Gasteiger partial charge on any atom is 0.220 e. The molecule has 1 aromatic rings. The summed E-state index contributed by atoms with van der Waals surface area (Å²) in [5, 5.41) is 3.06. The van der Waals surface area contributed by atoms with Crippen molar-refractivity contribution >= 4 is 5.91 Å². The minimum Gasteiger partial charge on any atom is -0.376 e. The topological polar surface area (TPSA) is 64.4 Å². The van der Waals surface area contributed by atoms with Crippen LogP contribution in [0, 0.1) is 11.3 Å². The van der Waals surface area contributed by atoms with Crippen LogP contribution in [0.2, 0.25) is 0 Å². The SMILES string of the molecule is CC(CNC(=O)CC1(CN)CCCCC1)COCc1ccccc1. The van der Waals surface area contributed by atoms with Crippen molar-refractivity contribution in [3.05, 3.63) is 35.9 Å². The molecule has 3 N–H and O–H groups in total. The normalized spacial score (nSPS) is 18.1. The number of ether oxygens (including phenoxy) is 1. The third-order valence-electron chi connectivity index (χ3n) is 5.04. The van der Waals surface area contributed by atoms with Gasteiger partial charge in [0.25, 0.3) is 0 Å². The maximum absolute atomic E-state index is 12.3. The third kappa shape index (κ3) is 6.25. The first-order valence-electron chi connectivity index (χ1n) is 9.22. The van der Waals surface area contributed by atoms with E-state index in [9.17, 15) is 4.79 Å². The Hall–Kier alpha value is -1.39. The predicted molar refractivity (Wildman–Crippen MR) is 97.5 cm³/mol. The molecule has 0 heterocycles. The van der Waals surface area contributed by atoms with E-state index >= 15 is 0 Å². The van der Waals surface area contributed by atoms with E-state index in [-0.39, 0.29) is 11.3 Å². The molecule has 1 aliphatic carbocycles. The minimum atomic E-state index is 0.0371. The van der Waals surface area contributed by atoms with E-state index in [4.69, 9.17) is 10.5 Å². The van der Waals surface area contributed by atoms with E-state index in [2.05, 4.69) is 24.4 Å². The van der Waals surface area contributed by atoms with Crippen molar-refractivity contribution in [2.45, 2.75) is 52.1 Å². The van der Waals surface area contributed by atoms with E-state index in [0.717, 1.165) is 12.8 Å². The lowest BCUT2D eigenvalue weighted by molar-refractivity contribution is -0.124. The van der Waals surface area contributed by atoms with Crippen LogP contribution in [0.3, 0.4) is 0 Å². The van der Waals surface area contributed by atoms with E-state index in [1.165, 1.54) is 24.8 Å². The van der Waals surface area contributed by atoms with E-state index < -0.39 is 0 Å². The van der Waals surface area contributed by atoms with Gasteiger partial charge >= 0.3 is 0 Å². The number of nitrogens with two attached hydrogens (primary N) is 1. The monoisotopic (exact) mass is 332 g/mol. The zero-order chi connectivity index (χ0) is 17.3. The number of nitrogens with one attached hydrogen (secondary N) is 1. The van der Waals surface area contributed by atoms with Crippen molar-refractivity contribution in [1.82, 2.24) is 5.32 Å². The van der Waals surface area contributed by atoms with Crippen LogP contribution in [0.5, 0.6) is 0 Å². The molecule has 4 nitrogen and oxygen atoms in total. The molecule has 0 aromatic heterocycles. The summed E-state index contributed by atoms with van der Waals surface area (Å²) in [6, 6.07) is 10.1. The van der Waals surface area contributed by atoms with Gasteiger partial charge in [0, 0.05) is 13.0 Å². The number of carbonyl (C=O) groups excluding carboxylic acids is 1. The fourth-order valence-electron chi connectivity index (χ4n) is 3.46. The molecule has 1 atom stereocenters. The van der Waals surface area contributed by atoms with Crippen molar-refractivity contribution in [3.63, 3.8) is 0 Å². The first-order valence-corrected chi connectivity index (χ1v) is 9.22. The molecule has 0 bridgehead atoms. The standard InChI is InChI=1S/C20H32N2O2/c1-17(14-24-15-18-8-4-2-5-9-18)13-22-19(23)12-20(16-21)10-6-3-7-11-20/h2,4-5,8-9,17H,3,6-7,10-16,21H2,1H3,(H,22,23). The minimum absolute atomic E-state index is 0.0371. The quantitative estimate of drug-likeness (QED) is 0.729. The molecule has 2 rings (SSSR count). The lowest BCUT2D eigenvalue weighted by atomic mass is 9.71. The Morgan fingerprint density at radius 2 is 1.96 bits per heavy atom. The van der Waals surface area contributed by atoms with Crippen molar-refractivity contribution in [1.29, 1.82) is 0 Å². The number of benzene rings is 1. The summed E-state index contributed by atoms with van der Waals surface area (Å²) in [5.41, 5.74) is 7.18. The van der Waals surface area contributed by atoms with Crippen LogP contribution in [0.15, 0.2) is 30.3 Å². The zero-order valence-electron chi connectivity index (χ0n) is 14.9. The number of hydrogen-bond donors (Lipinski definition) is 2. The molecule has 0 saturated heterocycles. The van der Waals surface area contributed by atoms with Crippen molar-refractivity contribution in [2.24, 2.45) is 17.1 Å². The number of amides is 1. The number of rotatable bonds is 9. The summed E-state index contributed by atoms with van der Waals surface area (Å²) in [4.78, 5) is 12.3. The van der Waals surface area contributed by atoms with Gasteiger partial charge in [0.15, 0.2) is 0 Å². The Bertz CT molecular complexity index is 484. The van der Waals surface area contributed by atoms with Gasteiger partial charge in [-0.3, -0.25) is 4.79 Å². The Labute approximate surface area is 146 Å². The van der Waals surface area contributed by atoms with E-state index in [1.807, 2.05) is 18.2 Å². The first kappa shape index (κ1) is 18.9. The van der Waals surface area contributed by atoms with Gasteiger partial charge in [-0.15, -0.1) is 0 Å².